The zero-order valence-electron chi connectivity index (χ0n) is 10.9. The van der Waals surface area contributed by atoms with Crippen molar-refractivity contribution in [1.82, 2.24) is 0 Å². The van der Waals surface area contributed by atoms with Crippen LogP contribution in [-0.4, -0.2) is 23.0 Å². The maximum Gasteiger partial charge on any atom is 0.272 e. The lowest BCUT2D eigenvalue weighted by molar-refractivity contribution is -0.385. The Hall–Kier alpha value is -1.95. The lowest BCUT2D eigenvalue weighted by Gasteiger charge is -2.12. The van der Waals surface area contributed by atoms with Gasteiger partial charge in [0.15, 0.2) is 0 Å². The zero-order chi connectivity index (χ0) is 14.0. The lowest BCUT2D eigenvalue weighted by Crippen LogP contribution is -2.27. The molecule has 0 saturated carbocycles. The van der Waals surface area contributed by atoms with E-state index >= 15 is 0 Å². The van der Waals surface area contributed by atoms with Gasteiger partial charge < -0.3 is 10.1 Å². The second kappa shape index (κ2) is 5.36. The first-order valence-electron chi connectivity index (χ1n) is 6.18. The van der Waals surface area contributed by atoms with Crippen molar-refractivity contribution < 1.29 is 14.5 Å². The summed E-state index contributed by atoms with van der Waals surface area (Å²) < 4.78 is 5.47. The Morgan fingerprint density at radius 2 is 2.21 bits per heavy atom. The van der Waals surface area contributed by atoms with E-state index in [0.29, 0.717) is 17.7 Å². The zero-order valence-corrected chi connectivity index (χ0v) is 10.9. The summed E-state index contributed by atoms with van der Waals surface area (Å²) >= 11 is 0. The Balaban J connectivity index is 2.05. The van der Waals surface area contributed by atoms with Crippen molar-refractivity contribution in [2.24, 2.45) is 0 Å². The molecule has 1 aliphatic heterocycles. The number of nitrogens with one attached hydrogen (secondary N) is 1. The highest BCUT2D eigenvalue weighted by Gasteiger charge is 2.28. The molecule has 1 saturated heterocycles. The summed E-state index contributed by atoms with van der Waals surface area (Å²) in [5.74, 6) is -0.197. The number of rotatable bonds is 3. The summed E-state index contributed by atoms with van der Waals surface area (Å²) in [4.78, 5) is 22.2. The molecule has 1 aromatic carbocycles. The predicted molar refractivity (Wildman–Crippen MR) is 70.0 cm³/mol. The SMILES string of the molecule is Cc1cc(NC(=O)[C@H]2CC[C@H](C)O2)ccc1[N+](=O)[O-]. The summed E-state index contributed by atoms with van der Waals surface area (Å²) in [5.41, 5.74) is 1.11. The van der Waals surface area contributed by atoms with Gasteiger partial charge in [-0.2, -0.15) is 0 Å². The Kier molecular flexibility index (Phi) is 3.80. The van der Waals surface area contributed by atoms with Crippen molar-refractivity contribution in [3.8, 4) is 0 Å². The number of ether oxygens (including phenoxy) is 1. The predicted octanol–water partition coefficient (Wildman–Crippen LogP) is 2.41. The minimum atomic E-state index is -0.442. The molecule has 0 unspecified atom stereocenters. The molecule has 1 heterocycles. The van der Waals surface area contributed by atoms with Crippen molar-refractivity contribution in [2.45, 2.75) is 38.9 Å². The van der Waals surface area contributed by atoms with Gasteiger partial charge in [-0.1, -0.05) is 0 Å². The van der Waals surface area contributed by atoms with Gasteiger partial charge >= 0.3 is 0 Å². The van der Waals surface area contributed by atoms with Crippen molar-refractivity contribution in [3.05, 3.63) is 33.9 Å². The van der Waals surface area contributed by atoms with Crippen LogP contribution in [0.5, 0.6) is 0 Å². The van der Waals surface area contributed by atoms with Crippen LogP contribution in [0.25, 0.3) is 0 Å². The molecule has 2 rings (SSSR count). The van der Waals surface area contributed by atoms with Crippen LogP contribution in [0.15, 0.2) is 18.2 Å². The summed E-state index contributed by atoms with van der Waals surface area (Å²) in [7, 11) is 0. The van der Waals surface area contributed by atoms with Crippen molar-refractivity contribution in [2.75, 3.05) is 5.32 Å². The van der Waals surface area contributed by atoms with E-state index in [0.717, 1.165) is 6.42 Å². The number of nitro benzene ring substituents is 1. The van der Waals surface area contributed by atoms with Gasteiger partial charge in [0.1, 0.15) is 6.10 Å². The van der Waals surface area contributed by atoms with E-state index in [1.807, 2.05) is 6.92 Å². The number of aryl methyl sites for hydroxylation is 1. The molecular weight excluding hydrogens is 248 g/mol. The van der Waals surface area contributed by atoms with E-state index in [1.165, 1.54) is 12.1 Å². The van der Waals surface area contributed by atoms with Gasteiger partial charge in [0.25, 0.3) is 11.6 Å². The number of anilines is 1. The fourth-order valence-corrected chi connectivity index (χ4v) is 2.16. The number of carbonyl (C=O) groups is 1. The fourth-order valence-electron chi connectivity index (χ4n) is 2.16. The molecule has 6 nitrogen and oxygen atoms in total. The van der Waals surface area contributed by atoms with E-state index in [1.54, 1.807) is 13.0 Å². The van der Waals surface area contributed by atoms with Gasteiger partial charge in [-0.15, -0.1) is 0 Å². The Morgan fingerprint density at radius 1 is 1.47 bits per heavy atom. The summed E-state index contributed by atoms with van der Waals surface area (Å²) in [5, 5.41) is 13.4. The van der Waals surface area contributed by atoms with E-state index in [4.69, 9.17) is 4.74 Å². The fraction of sp³-hybridized carbons (Fsp3) is 0.462. The molecule has 0 aliphatic carbocycles. The molecule has 1 amide bonds. The van der Waals surface area contributed by atoms with E-state index in [2.05, 4.69) is 5.32 Å². The van der Waals surface area contributed by atoms with Gasteiger partial charge in [0, 0.05) is 17.3 Å². The lowest BCUT2D eigenvalue weighted by atomic mass is 10.1. The average Bonchev–Trinajstić information content (AvgIpc) is 2.75. The third-order valence-electron chi connectivity index (χ3n) is 3.19. The monoisotopic (exact) mass is 264 g/mol. The van der Waals surface area contributed by atoms with Crippen LogP contribution in [0.3, 0.4) is 0 Å². The Labute approximate surface area is 110 Å². The van der Waals surface area contributed by atoms with Gasteiger partial charge in [0.05, 0.1) is 11.0 Å². The third-order valence-corrected chi connectivity index (χ3v) is 3.19. The molecule has 6 heteroatoms. The first kappa shape index (κ1) is 13.5. The molecule has 1 aromatic rings. The second-order valence-corrected chi connectivity index (χ2v) is 4.76. The summed E-state index contributed by atoms with van der Waals surface area (Å²) in [6.45, 7) is 3.57. The Morgan fingerprint density at radius 3 is 2.74 bits per heavy atom. The minimum absolute atomic E-state index is 0.0451. The van der Waals surface area contributed by atoms with E-state index in [9.17, 15) is 14.9 Å². The second-order valence-electron chi connectivity index (χ2n) is 4.76. The smallest absolute Gasteiger partial charge is 0.272 e. The molecular formula is C13H16N2O4. The van der Waals surface area contributed by atoms with Gasteiger partial charge in [0.2, 0.25) is 0 Å². The number of hydrogen-bond donors (Lipinski definition) is 1. The van der Waals surface area contributed by atoms with Crippen LogP contribution in [-0.2, 0) is 9.53 Å². The molecule has 19 heavy (non-hydrogen) atoms. The van der Waals surface area contributed by atoms with Crippen LogP contribution in [0.1, 0.15) is 25.3 Å². The molecule has 0 aromatic heterocycles. The van der Waals surface area contributed by atoms with Crippen molar-refractivity contribution in [3.63, 3.8) is 0 Å². The number of amides is 1. The number of carbonyl (C=O) groups excluding carboxylic acids is 1. The maximum atomic E-state index is 11.9. The topological polar surface area (TPSA) is 81.5 Å². The van der Waals surface area contributed by atoms with Gasteiger partial charge in [-0.3, -0.25) is 14.9 Å². The van der Waals surface area contributed by atoms with Crippen LogP contribution >= 0.6 is 0 Å². The normalized spacial score (nSPS) is 22.2. The largest absolute Gasteiger partial charge is 0.365 e. The van der Waals surface area contributed by atoms with Gasteiger partial charge in [-0.05, 0) is 38.8 Å². The first-order chi connectivity index (χ1) is 8.97. The van der Waals surface area contributed by atoms with Crippen LogP contribution < -0.4 is 5.32 Å². The highest BCUT2D eigenvalue weighted by Crippen LogP contribution is 2.24. The highest BCUT2D eigenvalue weighted by atomic mass is 16.6. The van der Waals surface area contributed by atoms with Crippen molar-refractivity contribution in [1.29, 1.82) is 0 Å². The van der Waals surface area contributed by atoms with Crippen LogP contribution in [0.4, 0.5) is 11.4 Å². The maximum absolute atomic E-state index is 11.9. The molecule has 0 radical (unpaired) electrons. The van der Waals surface area contributed by atoms with Crippen molar-refractivity contribution >= 4 is 17.3 Å². The molecule has 1 fully saturated rings. The van der Waals surface area contributed by atoms with E-state index < -0.39 is 11.0 Å². The molecule has 0 spiro atoms. The summed E-state index contributed by atoms with van der Waals surface area (Å²) in [6, 6.07) is 4.51. The molecule has 1 N–H and O–H groups in total. The standard InChI is InChI=1S/C13H16N2O4/c1-8-7-10(4-5-11(8)15(17)18)14-13(16)12-6-3-9(2)19-12/h4-5,7,9,12H,3,6H2,1-2H3,(H,14,16)/t9-,12+/m0/s1. The average molecular weight is 264 g/mol. The minimum Gasteiger partial charge on any atom is -0.365 e. The van der Waals surface area contributed by atoms with Gasteiger partial charge in [-0.25, -0.2) is 0 Å². The number of benzene rings is 1. The number of hydrogen-bond acceptors (Lipinski definition) is 4. The summed E-state index contributed by atoms with van der Waals surface area (Å²) in [6.07, 6.45) is 1.26. The van der Waals surface area contributed by atoms with Crippen LogP contribution in [0, 0.1) is 17.0 Å². The first-order valence-corrected chi connectivity index (χ1v) is 6.18. The number of nitrogens with zero attached hydrogens (tertiary/aromatic N) is 1. The third kappa shape index (κ3) is 3.08. The molecule has 2 atom stereocenters. The van der Waals surface area contributed by atoms with Crippen LogP contribution in [0.2, 0.25) is 0 Å². The molecule has 0 bridgehead atoms. The number of nitro groups is 1. The van der Waals surface area contributed by atoms with E-state index in [-0.39, 0.29) is 17.7 Å². The quantitative estimate of drug-likeness (QED) is 0.671. The Bertz CT molecular complexity index is 515. The molecule has 1 aliphatic rings. The molecule has 102 valence electrons. The highest BCUT2D eigenvalue weighted by molar-refractivity contribution is 5.94.